The van der Waals surface area contributed by atoms with Crippen molar-refractivity contribution in [2.24, 2.45) is 0 Å². The lowest BCUT2D eigenvalue weighted by molar-refractivity contribution is -0.149. The molecule has 2 saturated heterocycles. The standard InChI is InChI=1S/C16H27N3O2/c1-4-10-19-14(20)7-5-8-16(19)9-6-11-18(13-16)15(21)12-17(2)3/h4H,1,5-13H2,2-3H3/t16-/m1/s1. The minimum absolute atomic E-state index is 0.163. The number of likely N-dealkylation sites (N-methyl/N-ethyl adjacent to an activating group) is 1. The van der Waals surface area contributed by atoms with E-state index >= 15 is 0 Å². The van der Waals surface area contributed by atoms with Crippen LogP contribution in [-0.4, -0.2) is 72.3 Å². The fourth-order valence-electron chi connectivity index (χ4n) is 3.65. The fourth-order valence-corrected chi connectivity index (χ4v) is 3.65. The highest BCUT2D eigenvalue weighted by molar-refractivity contribution is 5.80. The van der Waals surface area contributed by atoms with Gasteiger partial charge in [0.05, 0.1) is 12.1 Å². The summed E-state index contributed by atoms with van der Waals surface area (Å²) in [5.74, 6) is 0.374. The lowest BCUT2D eigenvalue weighted by Gasteiger charge is -2.52. The molecule has 0 saturated carbocycles. The Kier molecular flexibility index (Phi) is 5.04. The summed E-state index contributed by atoms with van der Waals surface area (Å²) in [5, 5.41) is 0. The van der Waals surface area contributed by atoms with E-state index in [4.69, 9.17) is 0 Å². The zero-order valence-electron chi connectivity index (χ0n) is 13.3. The number of likely N-dealkylation sites (tertiary alicyclic amines) is 2. The molecule has 0 aliphatic carbocycles. The number of amides is 2. The zero-order chi connectivity index (χ0) is 15.5. The van der Waals surface area contributed by atoms with Crippen molar-refractivity contribution in [2.75, 3.05) is 40.3 Å². The molecule has 2 aliphatic rings. The van der Waals surface area contributed by atoms with Gasteiger partial charge >= 0.3 is 0 Å². The van der Waals surface area contributed by atoms with Gasteiger partial charge in [0.15, 0.2) is 0 Å². The molecule has 0 unspecified atom stereocenters. The summed E-state index contributed by atoms with van der Waals surface area (Å²) in [6.07, 6.45) is 6.33. The van der Waals surface area contributed by atoms with Crippen LogP contribution in [0.25, 0.3) is 0 Å². The Morgan fingerprint density at radius 2 is 2.10 bits per heavy atom. The van der Waals surface area contributed by atoms with Crippen LogP contribution in [0, 0.1) is 0 Å². The lowest BCUT2D eigenvalue weighted by Crippen LogP contribution is -2.63. The molecule has 2 fully saturated rings. The number of carbonyl (C=O) groups excluding carboxylic acids is 2. The van der Waals surface area contributed by atoms with Crippen molar-refractivity contribution in [3.8, 4) is 0 Å². The van der Waals surface area contributed by atoms with E-state index in [-0.39, 0.29) is 17.4 Å². The summed E-state index contributed by atoms with van der Waals surface area (Å²) < 4.78 is 0. The van der Waals surface area contributed by atoms with Gasteiger partial charge in [-0.15, -0.1) is 6.58 Å². The summed E-state index contributed by atoms with van der Waals surface area (Å²) in [5.41, 5.74) is -0.163. The first kappa shape index (κ1) is 16.0. The van der Waals surface area contributed by atoms with E-state index < -0.39 is 0 Å². The van der Waals surface area contributed by atoms with Crippen molar-refractivity contribution in [1.29, 1.82) is 0 Å². The van der Waals surface area contributed by atoms with Gasteiger partial charge in [0.1, 0.15) is 0 Å². The molecular formula is C16H27N3O2. The van der Waals surface area contributed by atoms with E-state index in [9.17, 15) is 9.59 Å². The second-order valence-electron chi connectivity index (χ2n) is 6.53. The molecule has 5 heteroatoms. The van der Waals surface area contributed by atoms with Gasteiger partial charge in [-0.3, -0.25) is 9.59 Å². The second kappa shape index (κ2) is 6.60. The SMILES string of the molecule is C=CCN1C(=O)CCC[C@]12CCCN(C(=O)CN(C)C)C2. The number of nitrogens with zero attached hydrogens (tertiary/aromatic N) is 3. The molecule has 1 spiro atoms. The maximum absolute atomic E-state index is 12.3. The monoisotopic (exact) mass is 293 g/mol. The number of rotatable bonds is 4. The van der Waals surface area contributed by atoms with Gasteiger partial charge in [-0.2, -0.15) is 0 Å². The molecule has 118 valence electrons. The maximum Gasteiger partial charge on any atom is 0.236 e. The van der Waals surface area contributed by atoms with E-state index in [2.05, 4.69) is 6.58 Å². The molecule has 0 aromatic carbocycles. The third kappa shape index (κ3) is 3.46. The molecular weight excluding hydrogens is 266 g/mol. The highest BCUT2D eigenvalue weighted by Gasteiger charge is 2.45. The first-order valence-electron chi connectivity index (χ1n) is 7.82. The van der Waals surface area contributed by atoms with Crippen molar-refractivity contribution < 1.29 is 9.59 Å². The van der Waals surface area contributed by atoms with E-state index in [0.717, 1.165) is 32.2 Å². The van der Waals surface area contributed by atoms with E-state index in [0.29, 0.717) is 26.1 Å². The van der Waals surface area contributed by atoms with Crippen LogP contribution in [0.1, 0.15) is 32.1 Å². The van der Waals surface area contributed by atoms with Crippen LogP contribution in [0.2, 0.25) is 0 Å². The Bertz CT molecular complexity index is 418. The largest absolute Gasteiger partial charge is 0.339 e. The molecule has 2 rings (SSSR count). The maximum atomic E-state index is 12.3. The summed E-state index contributed by atoms with van der Waals surface area (Å²) >= 11 is 0. The van der Waals surface area contributed by atoms with Gasteiger partial charge in [0.25, 0.3) is 0 Å². The number of hydrogen-bond acceptors (Lipinski definition) is 3. The summed E-state index contributed by atoms with van der Waals surface area (Å²) in [6.45, 7) is 6.30. The van der Waals surface area contributed by atoms with Crippen LogP contribution in [0.15, 0.2) is 12.7 Å². The van der Waals surface area contributed by atoms with Gasteiger partial charge in [-0.25, -0.2) is 0 Å². The number of piperidine rings is 2. The first-order chi connectivity index (χ1) is 9.98. The summed E-state index contributed by atoms with van der Waals surface area (Å²) in [4.78, 5) is 30.4. The van der Waals surface area contributed by atoms with Gasteiger partial charge in [-0.05, 0) is 39.8 Å². The Hall–Kier alpha value is -1.36. The average Bonchev–Trinajstić information content (AvgIpc) is 2.43. The molecule has 0 aromatic rings. The molecule has 5 nitrogen and oxygen atoms in total. The van der Waals surface area contributed by atoms with E-state index in [1.54, 1.807) is 6.08 Å². The van der Waals surface area contributed by atoms with Crippen LogP contribution in [-0.2, 0) is 9.59 Å². The quantitative estimate of drug-likeness (QED) is 0.729. The molecule has 0 N–H and O–H groups in total. The predicted molar refractivity (Wildman–Crippen MR) is 82.9 cm³/mol. The first-order valence-corrected chi connectivity index (χ1v) is 7.82. The molecule has 2 heterocycles. The van der Waals surface area contributed by atoms with Crippen LogP contribution < -0.4 is 0 Å². The van der Waals surface area contributed by atoms with E-state index in [1.165, 1.54) is 0 Å². The van der Waals surface area contributed by atoms with Crippen molar-refractivity contribution >= 4 is 11.8 Å². The highest BCUT2D eigenvalue weighted by atomic mass is 16.2. The predicted octanol–water partition coefficient (Wildman–Crippen LogP) is 1.11. The van der Waals surface area contributed by atoms with Crippen molar-refractivity contribution in [3.05, 3.63) is 12.7 Å². The fraction of sp³-hybridized carbons (Fsp3) is 0.750. The van der Waals surface area contributed by atoms with Crippen LogP contribution in [0.4, 0.5) is 0 Å². The smallest absolute Gasteiger partial charge is 0.236 e. The molecule has 0 bridgehead atoms. The normalized spacial score (nSPS) is 26.5. The Labute approximate surface area is 127 Å². The van der Waals surface area contributed by atoms with Crippen molar-refractivity contribution in [3.63, 3.8) is 0 Å². The van der Waals surface area contributed by atoms with Crippen LogP contribution >= 0.6 is 0 Å². The minimum atomic E-state index is -0.163. The third-order valence-corrected chi connectivity index (χ3v) is 4.58. The molecule has 2 amide bonds. The highest BCUT2D eigenvalue weighted by Crippen LogP contribution is 2.36. The van der Waals surface area contributed by atoms with Crippen molar-refractivity contribution in [1.82, 2.24) is 14.7 Å². The van der Waals surface area contributed by atoms with Gasteiger partial charge in [0, 0.05) is 26.1 Å². The lowest BCUT2D eigenvalue weighted by atomic mass is 9.79. The van der Waals surface area contributed by atoms with Crippen molar-refractivity contribution in [2.45, 2.75) is 37.6 Å². The zero-order valence-corrected chi connectivity index (χ0v) is 13.3. The third-order valence-electron chi connectivity index (χ3n) is 4.58. The van der Waals surface area contributed by atoms with Gasteiger partial charge in [0.2, 0.25) is 11.8 Å². The topological polar surface area (TPSA) is 43.9 Å². The molecule has 21 heavy (non-hydrogen) atoms. The van der Waals surface area contributed by atoms with Gasteiger partial charge in [-0.1, -0.05) is 6.08 Å². The summed E-state index contributed by atoms with van der Waals surface area (Å²) in [7, 11) is 3.82. The van der Waals surface area contributed by atoms with Crippen LogP contribution in [0.5, 0.6) is 0 Å². The number of hydrogen-bond donors (Lipinski definition) is 0. The average molecular weight is 293 g/mol. The molecule has 2 aliphatic heterocycles. The van der Waals surface area contributed by atoms with Gasteiger partial charge < -0.3 is 14.7 Å². The molecule has 1 atom stereocenters. The number of carbonyl (C=O) groups is 2. The Morgan fingerprint density at radius 1 is 1.38 bits per heavy atom. The Morgan fingerprint density at radius 3 is 2.76 bits per heavy atom. The Balaban J connectivity index is 2.14. The summed E-state index contributed by atoms with van der Waals surface area (Å²) in [6, 6.07) is 0. The second-order valence-corrected chi connectivity index (χ2v) is 6.53. The molecule has 0 aromatic heterocycles. The minimum Gasteiger partial charge on any atom is -0.339 e. The molecule has 0 radical (unpaired) electrons. The van der Waals surface area contributed by atoms with E-state index in [1.807, 2.05) is 28.8 Å². The van der Waals surface area contributed by atoms with Crippen LogP contribution in [0.3, 0.4) is 0 Å².